The normalized spacial score (nSPS) is 12.7. The maximum absolute atomic E-state index is 11.9. The van der Waals surface area contributed by atoms with E-state index < -0.39 is 6.04 Å². The molecule has 2 aromatic rings. The van der Waals surface area contributed by atoms with Crippen LogP contribution in [0.3, 0.4) is 0 Å². The fraction of sp³-hybridized carbons (Fsp3) is 0.200. The van der Waals surface area contributed by atoms with Gasteiger partial charge in [-0.05, 0) is 17.5 Å². The van der Waals surface area contributed by atoms with Crippen molar-refractivity contribution in [1.29, 1.82) is 0 Å². The number of carbonyl (C=O) groups is 1. The Bertz CT molecular complexity index is 461. The summed E-state index contributed by atoms with van der Waals surface area (Å²) in [5.74, 6) is -0.0996. The molecule has 78 valence electrons. The number of ketones is 1. The van der Waals surface area contributed by atoms with Crippen LogP contribution in [0.1, 0.15) is 21.4 Å². The summed E-state index contributed by atoms with van der Waals surface area (Å²) in [7, 11) is 1.73. The summed E-state index contributed by atoms with van der Waals surface area (Å²) in [5, 5.41) is 5.85. The Morgan fingerprint density at radius 1 is 1.60 bits per heavy atom. The van der Waals surface area contributed by atoms with Gasteiger partial charge in [0.2, 0.25) is 5.78 Å². The third-order valence-electron chi connectivity index (χ3n) is 2.21. The zero-order valence-electron chi connectivity index (χ0n) is 8.25. The average molecular weight is 221 g/mol. The van der Waals surface area contributed by atoms with Crippen molar-refractivity contribution in [2.75, 3.05) is 0 Å². The Balaban J connectivity index is 2.26. The minimum Gasteiger partial charge on any atom is -0.317 e. The molecule has 1 atom stereocenters. The van der Waals surface area contributed by atoms with Crippen molar-refractivity contribution in [2.24, 2.45) is 12.8 Å². The Labute approximate surface area is 91.3 Å². The molecule has 0 fully saturated rings. The van der Waals surface area contributed by atoms with Gasteiger partial charge < -0.3 is 5.73 Å². The van der Waals surface area contributed by atoms with Crippen LogP contribution in [0.5, 0.6) is 0 Å². The van der Waals surface area contributed by atoms with Crippen molar-refractivity contribution in [3.8, 4) is 0 Å². The largest absolute Gasteiger partial charge is 0.317 e. The summed E-state index contributed by atoms with van der Waals surface area (Å²) in [6, 6.07) is 4.84. The average Bonchev–Trinajstić information content (AvgIpc) is 2.85. The van der Waals surface area contributed by atoms with Crippen molar-refractivity contribution >= 4 is 17.1 Å². The quantitative estimate of drug-likeness (QED) is 0.796. The third kappa shape index (κ3) is 1.84. The Morgan fingerprint density at radius 2 is 2.40 bits per heavy atom. The van der Waals surface area contributed by atoms with Crippen molar-refractivity contribution < 1.29 is 4.79 Å². The van der Waals surface area contributed by atoms with Crippen molar-refractivity contribution in [1.82, 2.24) is 9.78 Å². The first kappa shape index (κ1) is 10.1. The number of rotatable bonds is 3. The molecule has 2 N–H and O–H groups in total. The number of aryl methyl sites for hydroxylation is 1. The maximum Gasteiger partial charge on any atom is 0.202 e. The highest BCUT2D eigenvalue weighted by molar-refractivity contribution is 7.10. The molecule has 0 aliphatic rings. The molecule has 0 aliphatic carbocycles. The van der Waals surface area contributed by atoms with Crippen LogP contribution in [-0.2, 0) is 7.05 Å². The molecule has 0 bridgehead atoms. The molecule has 1 unspecified atom stereocenters. The highest BCUT2D eigenvalue weighted by Crippen LogP contribution is 2.20. The van der Waals surface area contributed by atoms with E-state index in [0.717, 1.165) is 4.88 Å². The van der Waals surface area contributed by atoms with Crippen LogP contribution in [0.15, 0.2) is 29.8 Å². The lowest BCUT2D eigenvalue weighted by molar-refractivity contribution is 0.0953. The number of aromatic nitrogens is 2. The molecule has 4 nitrogen and oxygen atoms in total. The number of nitrogens with zero attached hydrogens (tertiary/aromatic N) is 2. The van der Waals surface area contributed by atoms with Gasteiger partial charge in [-0.15, -0.1) is 11.3 Å². The van der Waals surface area contributed by atoms with E-state index in [1.54, 1.807) is 19.3 Å². The second-order valence-corrected chi connectivity index (χ2v) is 4.18. The highest BCUT2D eigenvalue weighted by atomic mass is 32.1. The SMILES string of the molecule is Cn1nccc1C(=O)C(N)c1cccs1. The lowest BCUT2D eigenvalue weighted by atomic mass is 10.1. The van der Waals surface area contributed by atoms with E-state index in [1.165, 1.54) is 16.0 Å². The van der Waals surface area contributed by atoms with Gasteiger partial charge in [-0.3, -0.25) is 9.48 Å². The van der Waals surface area contributed by atoms with Crippen LogP contribution in [0.2, 0.25) is 0 Å². The van der Waals surface area contributed by atoms with Crippen LogP contribution in [0.25, 0.3) is 0 Å². The summed E-state index contributed by atoms with van der Waals surface area (Å²) in [4.78, 5) is 12.8. The second kappa shape index (κ2) is 3.96. The van der Waals surface area contributed by atoms with E-state index in [1.807, 2.05) is 17.5 Å². The molecule has 0 amide bonds. The number of carbonyl (C=O) groups excluding carboxylic acids is 1. The van der Waals surface area contributed by atoms with E-state index in [9.17, 15) is 4.79 Å². The molecule has 0 aromatic carbocycles. The van der Waals surface area contributed by atoms with Gasteiger partial charge in [0.05, 0.1) is 0 Å². The Kier molecular flexibility index (Phi) is 2.66. The van der Waals surface area contributed by atoms with Crippen molar-refractivity contribution in [3.05, 3.63) is 40.3 Å². The second-order valence-electron chi connectivity index (χ2n) is 3.20. The van der Waals surface area contributed by atoms with E-state index in [4.69, 9.17) is 5.73 Å². The van der Waals surface area contributed by atoms with E-state index in [2.05, 4.69) is 5.10 Å². The summed E-state index contributed by atoms with van der Waals surface area (Å²) in [6.07, 6.45) is 1.59. The van der Waals surface area contributed by atoms with Crippen LogP contribution in [0.4, 0.5) is 0 Å². The molecule has 5 heteroatoms. The van der Waals surface area contributed by atoms with Gasteiger partial charge in [-0.2, -0.15) is 5.10 Å². The molecule has 15 heavy (non-hydrogen) atoms. The van der Waals surface area contributed by atoms with E-state index in [-0.39, 0.29) is 5.78 Å². The predicted molar refractivity (Wildman–Crippen MR) is 58.8 cm³/mol. The van der Waals surface area contributed by atoms with E-state index >= 15 is 0 Å². The molecular formula is C10H11N3OS. The van der Waals surface area contributed by atoms with Crippen molar-refractivity contribution in [2.45, 2.75) is 6.04 Å². The highest BCUT2D eigenvalue weighted by Gasteiger charge is 2.20. The number of hydrogen-bond donors (Lipinski definition) is 1. The molecule has 2 heterocycles. The lowest BCUT2D eigenvalue weighted by Gasteiger charge is -2.08. The number of Topliss-reactive ketones (excluding diaryl/α,β-unsaturated/α-hetero) is 1. The fourth-order valence-corrected chi connectivity index (χ4v) is 2.10. The van der Waals surface area contributed by atoms with Gasteiger partial charge in [0.1, 0.15) is 11.7 Å². The first-order valence-electron chi connectivity index (χ1n) is 4.51. The summed E-state index contributed by atoms with van der Waals surface area (Å²) >= 11 is 1.49. The standard InChI is InChI=1S/C10H11N3OS/c1-13-7(4-5-12-13)10(14)9(11)8-3-2-6-15-8/h2-6,9H,11H2,1H3. The zero-order chi connectivity index (χ0) is 10.8. The van der Waals surface area contributed by atoms with Gasteiger partial charge in [0, 0.05) is 18.1 Å². The number of nitrogens with two attached hydrogens (primary N) is 1. The lowest BCUT2D eigenvalue weighted by Crippen LogP contribution is -2.22. The van der Waals surface area contributed by atoms with Gasteiger partial charge >= 0.3 is 0 Å². The number of hydrogen-bond acceptors (Lipinski definition) is 4. The number of thiophene rings is 1. The van der Waals surface area contributed by atoms with Gasteiger partial charge in [0.25, 0.3) is 0 Å². The first-order chi connectivity index (χ1) is 7.20. The molecule has 0 saturated heterocycles. The molecule has 0 spiro atoms. The Morgan fingerprint density at radius 3 is 2.93 bits per heavy atom. The fourth-order valence-electron chi connectivity index (χ4n) is 1.37. The minimum atomic E-state index is -0.583. The van der Waals surface area contributed by atoms with Gasteiger partial charge in [-0.1, -0.05) is 6.07 Å². The summed E-state index contributed by atoms with van der Waals surface area (Å²) < 4.78 is 1.54. The zero-order valence-corrected chi connectivity index (χ0v) is 9.07. The molecule has 2 aromatic heterocycles. The van der Waals surface area contributed by atoms with Gasteiger partial charge in [-0.25, -0.2) is 0 Å². The van der Waals surface area contributed by atoms with Crippen LogP contribution in [-0.4, -0.2) is 15.6 Å². The van der Waals surface area contributed by atoms with Crippen LogP contribution < -0.4 is 5.73 Å². The topological polar surface area (TPSA) is 60.9 Å². The van der Waals surface area contributed by atoms with Crippen LogP contribution in [0, 0.1) is 0 Å². The minimum absolute atomic E-state index is 0.0996. The third-order valence-corrected chi connectivity index (χ3v) is 3.16. The maximum atomic E-state index is 11.9. The van der Waals surface area contributed by atoms with Gasteiger partial charge in [0.15, 0.2) is 0 Å². The van der Waals surface area contributed by atoms with E-state index in [0.29, 0.717) is 5.69 Å². The predicted octanol–water partition coefficient (Wildman–Crippen LogP) is 1.36. The molecule has 2 rings (SSSR count). The smallest absolute Gasteiger partial charge is 0.202 e. The Hall–Kier alpha value is -1.46. The summed E-state index contributed by atoms with van der Waals surface area (Å²) in [5.41, 5.74) is 6.40. The summed E-state index contributed by atoms with van der Waals surface area (Å²) in [6.45, 7) is 0. The molecule has 0 radical (unpaired) electrons. The van der Waals surface area contributed by atoms with Crippen LogP contribution >= 0.6 is 11.3 Å². The first-order valence-corrected chi connectivity index (χ1v) is 5.39. The monoisotopic (exact) mass is 221 g/mol. The molecule has 0 saturated carbocycles. The van der Waals surface area contributed by atoms with Crippen molar-refractivity contribution in [3.63, 3.8) is 0 Å². The molecule has 0 aliphatic heterocycles. The molecular weight excluding hydrogens is 210 g/mol.